The number of hydrogen-bond acceptors (Lipinski definition) is 4. The summed E-state index contributed by atoms with van der Waals surface area (Å²) >= 11 is 0. The van der Waals surface area contributed by atoms with Crippen LogP contribution in [0.3, 0.4) is 0 Å². The molecule has 0 saturated heterocycles. The van der Waals surface area contributed by atoms with Gasteiger partial charge in [0, 0.05) is 24.8 Å². The number of H-pyrrole nitrogens is 1. The third kappa shape index (κ3) is 3.80. The zero-order valence-electron chi connectivity index (χ0n) is 10.8. The molecule has 0 fully saturated rings. The number of aromatic nitrogens is 3. The van der Waals surface area contributed by atoms with E-state index in [0.29, 0.717) is 12.2 Å². The lowest BCUT2D eigenvalue weighted by Crippen LogP contribution is -2.23. The minimum Gasteiger partial charge on any atom is -0.384 e. The van der Waals surface area contributed by atoms with Crippen LogP contribution in [0, 0.1) is 0 Å². The van der Waals surface area contributed by atoms with Crippen LogP contribution in [-0.2, 0) is 6.54 Å². The molecule has 6 heteroatoms. The third-order valence-corrected chi connectivity index (χ3v) is 2.58. The van der Waals surface area contributed by atoms with Crippen molar-refractivity contribution in [2.24, 2.45) is 0 Å². The summed E-state index contributed by atoms with van der Waals surface area (Å²) in [5.41, 5.74) is 2.26. The number of nitrogens with one attached hydrogen (secondary N) is 3. The lowest BCUT2D eigenvalue weighted by atomic mass is 10.3. The van der Waals surface area contributed by atoms with E-state index in [9.17, 15) is 4.79 Å². The zero-order valence-corrected chi connectivity index (χ0v) is 10.8. The first kappa shape index (κ1) is 13.1. The predicted octanol–water partition coefficient (Wildman–Crippen LogP) is 1.56. The summed E-state index contributed by atoms with van der Waals surface area (Å²) in [4.78, 5) is 16.0. The maximum atomic E-state index is 11.8. The second-order valence-electron chi connectivity index (χ2n) is 4.15. The summed E-state index contributed by atoms with van der Waals surface area (Å²) in [7, 11) is 0. The summed E-state index contributed by atoms with van der Waals surface area (Å²) < 4.78 is 0. The molecule has 0 saturated carbocycles. The molecular formula is C13H17N5O. The Kier molecular flexibility index (Phi) is 4.49. The standard InChI is InChI=1S/C13H17N5O/c1-2-5-14-11-3-4-12(15-9-11)13(19)16-6-10-7-17-18-8-10/h3-4,7-9,14H,2,5-6H2,1H3,(H,16,19)(H,17,18). The topological polar surface area (TPSA) is 82.7 Å². The van der Waals surface area contributed by atoms with Crippen LogP contribution in [-0.4, -0.2) is 27.6 Å². The van der Waals surface area contributed by atoms with E-state index < -0.39 is 0 Å². The predicted molar refractivity (Wildman–Crippen MR) is 72.8 cm³/mol. The van der Waals surface area contributed by atoms with E-state index in [1.807, 2.05) is 6.07 Å². The molecule has 0 radical (unpaired) electrons. The molecule has 0 aliphatic carbocycles. The Morgan fingerprint density at radius 2 is 2.26 bits per heavy atom. The van der Waals surface area contributed by atoms with E-state index in [1.54, 1.807) is 24.7 Å². The van der Waals surface area contributed by atoms with Crippen molar-refractivity contribution in [2.45, 2.75) is 19.9 Å². The Morgan fingerprint density at radius 1 is 1.37 bits per heavy atom. The van der Waals surface area contributed by atoms with Gasteiger partial charge in [-0.15, -0.1) is 0 Å². The first-order valence-electron chi connectivity index (χ1n) is 6.25. The van der Waals surface area contributed by atoms with E-state index in [1.165, 1.54) is 0 Å². The van der Waals surface area contributed by atoms with Crippen molar-refractivity contribution in [3.8, 4) is 0 Å². The first-order valence-corrected chi connectivity index (χ1v) is 6.25. The minimum atomic E-state index is -0.191. The van der Waals surface area contributed by atoms with Crippen molar-refractivity contribution >= 4 is 11.6 Å². The number of aromatic amines is 1. The van der Waals surface area contributed by atoms with Crippen LogP contribution in [0.5, 0.6) is 0 Å². The van der Waals surface area contributed by atoms with Gasteiger partial charge in [0.15, 0.2) is 0 Å². The van der Waals surface area contributed by atoms with Crippen LogP contribution in [0.4, 0.5) is 5.69 Å². The molecule has 0 aliphatic rings. The Labute approximate surface area is 111 Å². The van der Waals surface area contributed by atoms with Gasteiger partial charge >= 0.3 is 0 Å². The highest BCUT2D eigenvalue weighted by molar-refractivity contribution is 5.92. The Morgan fingerprint density at radius 3 is 2.89 bits per heavy atom. The van der Waals surface area contributed by atoms with Crippen LogP contribution in [0.1, 0.15) is 29.4 Å². The van der Waals surface area contributed by atoms with E-state index in [-0.39, 0.29) is 5.91 Å². The highest BCUT2D eigenvalue weighted by Gasteiger charge is 2.06. The highest BCUT2D eigenvalue weighted by Crippen LogP contribution is 2.06. The molecular weight excluding hydrogens is 242 g/mol. The van der Waals surface area contributed by atoms with Crippen LogP contribution in [0.25, 0.3) is 0 Å². The summed E-state index contributed by atoms with van der Waals surface area (Å²) in [6.07, 6.45) is 6.13. The van der Waals surface area contributed by atoms with E-state index in [4.69, 9.17) is 0 Å². The maximum absolute atomic E-state index is 11.8. The molecule has 0 unspecified atom stereocenters. The van der Waals surface area contributed by atoms with Gasteiger partial charge in [-0.3, -0.25) is 9.89 Å². The molecule has 0 atom stereocenters. The number of hydrogen-bond donors (Lipinski definition) is 3. The van der Waals surface area contributed by atoms with Gasteiger partial charge in [-0.2, -0.15) is 5.10 Å². The second kappa shape index (κ2) is 6.53. The first-order chi connectivity index (χ1) is 9.29. The average molecular weight is 259 g/mol. The fourth-order valence-corrected chi connectivity index (χ4v) is 1.55. The molecule has 19 heavy (non-hydrogen) atoms. The van der Waals surface area contributed by atoms with E-state index >= 15 is 0 Å². The summed E-state index contributed by atoms with van der Waals surface area (Å²) in [5.74, 6) is -0.191. The van der Waals surface area contributed by atoms with Gasteiger partial charge in [-0.25, -0.2) is 4.98 Å². The van der Waals surface area contributed by atoms with Crippen molar-refractivity contribution in [3.05, 3.63) is 42.0 Å². The van der Waals surface area contributed by atoms with Gasteiger partial charge < -0.3 is 10.6 Å². The quantitative estimate of drug-likeness (QED) is 0.735. The number of pyridine rings is 1. The number of rotatable bonds is 6. The van der Waals surface area contributed by atoms with Crippen molar-refractivity contribution in [3.63, 3.8) is 0 Å². The molecule has 1 amide bonds. The van der Waals surface area contributed by atoms with Crippen molar-refractivity contribution < 1.29 is 4.79 Å². The van der Waals surface area contributed by atoms with Gasteiger partial charge in [0.1, 0.15) is 5.69 Å². The van der Waals surface area contributed by atoms with E-state index in [0.717, 1.165) is 24.2 Å². The van der Waals surface area contributed by atoms with Crippen LogP contribution in [0.15, 0.2) is 30.7 Å². The van der Waals surface area contributed by atoms with Gasteiger partial charge in [-0.1, -0.05) is 6.92 Å². The number of carbonyl (C=O) groups excluding carboxylic acids is 1. The van der Waals surface area contributed by atoms with Crippen LogP contribution in [0.2, 0.25) is 0 Å². The third-order valence-electron chi connectivity index (χ3n) is 2.58. The maximum Gasteiger partial charge on any atom is 0.270 e. The molecule has 0 spiro atoms. The Balaban J connectivity index is 1.88. The Bertz CT molecular complexity index is 506. The summed E-state index contributed by atoms with van der Waals surface area (Å²) in [6.45, 7) is 3.43. The molecule has 2 heterocycles. The molecule has 0 bridgehead atoms. The average Bonchev–Trinajstić information content (AvgIpc) is 2.96. The molecule has 0 aromatic carbocycles. The monoisotopic (exact) mass is 259 g/mol. The van der Waals surface area contributed by atoms with Gasteiger partial charge in [0.2, 0.25) is 0 Å². The molecule has 2 aromatic heterocycles. The van der Waals surface area contributed by atoms with Gasteiger partial charge in [0.25, 0.3) is 5.91 Å². The SMILES string of the molecule is CCCNc1ccc(C(=O)NCc2cn[nH]c2)nc1. The number of anilines is 1. The van der Waals surface area contributed by atoms with Gasteiger partial charge in [0.05, 0.1) is 18.1 Å². The lowest BCUT2D eigenvalue weighted by molar-refractivity contribution is 0.0946. The van der Waals surface area contributed by atoms with Crippen LogP contribution >= 0.6 is 0 Å². The summed E-state index contributed by atoms with van der Waals surface area (Å²) in [5, 5.41) is 12.5. The molecule has 2 rings (SSSR count). The molecule has 3 N–H and O–H groups in total. The zero-order chi connectivity index (χ0) is 13.5. The van der Waals surface area contributed by atoms with E-state index in [2.05, 4.69) is 32.7 Å². The summed E-state index contributed by atoms with van der Waals surface area (Å²) in [6, 6.07) is 3.57. The molecule has 6 nitrogen and oxygen atoms in total. The fourth-order valence-electron chi connectivity index (χ4n) is 1.55. The van der Waals surface area contributed by atoms with Crippen molar-refractivity contribution in [1.82, 2.24) is 20.5 Å². The number of amides is 1. The second-order valence-corrected chi connectivity index (χ2v) is 4.15. The normalized spacial score (nSPS) is 10.2. The molecule has 2 aromatic rings. The lowest BCUT2D eigenvalue weighted by Gasteiger charge is -2.06. The molecule has 100 valence electrons. The fraction of sp³-hybridized carbons (Fsp3) is 0.308. The smallest absolute Gasteiger partial charge is 0.270 e. The Hall–Kier alpha value is -2.37. The number of nitrogens with zero attached hydrogens (tertiary/aromatic N) is 2. The highest BCUT2D eigenvalue weighted by atomic mass is 16.1. The van der Waals surface area contributed by atoms with Crippen LogP contribution < -0.4 is 10.6 Å². The largest absolute Gasteiger partial charge is 0.384 e. The van der Waals surface area contributed by atoms with Crippen molar-refractivity contribution in [1.29, 1.82) is 0 Å². The molecule has 0 aliphatic heterocycles. The van der Waals surface area contributed by atoms with Gasteiger partial charge in [-0.05, 0) is 18.6 Å². The minimum absolute atomic E-state index is 0.191. The van der Waals surface area contributed by atoms with Crippen molar-refractivity contribution in [2.75, 3.05) is 11.9 Å². The number of carbonyl (C=O) groups is 1.